The van der Waals surface area contributed by atoms with Crippen molar-refractivity contribution in [1.82, 2.24) is 10.2 Å². The minimum absolute atomic E-state index is 0.0354. The number of amides is 1. The number of likely N-dealkylation sites (N-methyl/N-ethyl adjacent to an activating group) is 1. The zero-order valence-electron chi connectivity index (χ0n) is 31.6. The zero-order chi connectivity index (χ0) is 36.4. The Morgan fingerprint density at radius 2 is 1.49 bits per heavy atom. The van der Waals surface area contributed by atoms with Gasteiger partial charge in [-0.3, -0.25) is 19.2 Å². The van der Waals surface area contributed by atoms with E-state index in [1.165, 1.54) is 0 Å². The number of rotatable bonds is 20. The molecule has 1 heterocycles. The highest BCUT2D eigenvalue weighted by Gasteiger charge is 2.52. The van der Waals surface area contributed by atoms with E-state index in [-0.39, 0.29) is 47.4 Å². The Hall–Kier alpha value is -3.32. The zero-order valence-corrected chi connectivity index (χ0v) is 31.6. The van der Waals surface area contributed by atoms with Crippen LogP contribution in [0, 0.1) is 28.6 Å². The number of nitrogens with zero attached hydrogens (tertiary/aromatic N) is 1. The van der Waals surface area contributed by atoms with Crippen LogP contribution in [0.2, 0.25) is 0 Å². The van der Waals surface area contributed by atoms with E-state index in [9.17, 15) is 19.2 Å². The molecule has 0 aliphatic carbocycles. The molecule has 1 aliphatic heterocycles. The summed E-state index contributed by atoms with van der Waals surface area (Å²) < 4.78 is 5.97. The fourth-order valence-electron chi connectivity index (χ4n) is 7.98. The standard InChI is InChI=1S/C42H62N2O5/c1-10-33(27-34(41(8,11-2)12-3)44-26-18-21-35(44)45)42(9,13-4)36(38(46)29(6)7)37(43-14-5)40(48)49-28-30-22-24-32(25-23-30)39(47)31-19-16-15-17-20-31/h15-17,19-20,22-25,29,33-34,36-37,43H,10-14,18,21,26-28H2,1-9H3. The molecule has 7 nitrogen and oxygen atoms in total. The molecule has 7 heteroatoms. The minimum atomic E-state index is -0.826. The van der Waals surface area contributed by atoms with Crippen molar-refractivity contribution in [2.75, 3.05) is 13.1 Å². The van der Waals surface area contributed by atoms with Crippen molar-refractivity contribution in [2.24, 2.45) is 28.6 Å². The van der Waals surface area contributed by atoms with Gasteiger partial charge in [-0.15, -0.1) is 0 Å². The molecular weight excluding hydrogens is 612 g/mol. The molecule has 49 heavy (non-hydrogen) atoms. The van der Waals surface area contributed by atoms with E-state index < -0.39 is 23.3 Å². The van der Waals surface area contributed by atoms with Gasteiger partial charge in [0, 0.05) is 42.0 Å². The largest absolute Gasteiger partial charge is 0.460 e. The molecule has 0 saturated carbocycles. The molecule has 270 valence electrons. The number of carbonyl (C=O) groups is 4. The SMILES string of the molecule is CCNC(C(=O)OCc1ccc(C(=O)c2ccccc2)cc1)C(C(=O)C(C)C)C(C)(CC)C(CC)CC(N1CCCC1=O)C(C)(CC)CC. The number of ketones is 2. The van der Waals surface area contributed by atoms with Gasteiger partial charge in [0.2, 0.25) is 5.91 Å². The van der Waals surface area contributed by atoms with Crippen LogP contribution in [0.25, 0.3) is 0 Å². The normalized spacial score (nSPS) is 17.3. The lowest BCUT2D eigenvalue weighted by Crippen LogP contribution is -2.57. The second kappa shape index (κ2) is 18.1. The number of esters is 1. The maximum Gasteiger partial charge on any atom is 0.324 e. The van der Waals surface area contributed by atoms with Crippen LogP contribution in [-0.4, -0.2) is 53.5 Å². The predicted molar refractivity (Wildman–Crippen MR) is 197 cm³/mol. The molecule has 2 aromatic carbocycles. The number of Topliss-reactive ketones (excluding diaryl/α,β-unsaturated/α-hetero) is 1. The summed E-state index contributed by atoms with van der Waals surface area (Å²) in [5, 5.41) is 3.38. The quantitative estimate of drug-likeness (QED) is 0.112. The highest BCUT2D eigenvalue weighted by Crippen LogP contribution is 2.49. The third-order valence-corrected chi connectivity index (χ3v) is 11.8. The summed E-state index contributed by atoms with van der Waals surface area (Å²) in [6.07, 6.45) is 5.71. The van der Waals surface area contributed by atoms with Crippen LogP contribution < -0.4 is 5.32 Å². The summed E-state index contributed by atoms with van der Waals surface area (Å²) in [4.78, 5) is 56.6. The van der Waals surface area contributed by atoms with Crippen LogP contribution in [0.3, 0.4) is 0 Å². The average Bonchev–Trinajstić information content (AvgIpc) is 3.55. The first kappa shape index (κ1) is 40.1. The number of hydrogen-bond acceptors (Lipinski definition) is 6. The molecule has 5 unspecified atom stereocenters. The Morgan fingerprint density at radius 1 is 0.878 bits per heavy atom. The van der Waals surface area contributed by atoms with Crippen molar-refractivity contribution in [3.8, 4) is 0 Å². The topological polar surface area (TPSA) is 92.8 Å². The lowest BCUT2D eigenvalue weighted by atomic mass is 9.57. The second-order valence-corrected chi connectivity index (χ2v) is 14.8. The molecule has 2 aromatic rings. The first-order chi connectivity index (χ1) is 23.3. The van der Waals surface area contributed by atoms with Gasteiger partial charge in [0.1, 0.15) is 18.4 Å². The minimum Gasteiger partial charge on any atom is -0.460 e. The van der Waals surface area contributed by atoms with Crippen molar-refractivity contribution in [1.29, 1.82) is 0 Å². The molecule has 0 spiro atoms. The average molecular weight is 675 g/mol. The molecular formula is C42H62N2O5. The second-order valence-electron chi connectivity index (χ2n) is 14.8. The maximum absolute atomic E-state index is 14.3. The van der Waals surface area contributed by atoms with Crippen molar-refractivity contribution < 1.29 is 23.9 Å². The molecule has 3 rings (SSSR count). The molecule has 0 aromatic heterocycles. The Kier molecular flexibility index (Phi) is 14.8. The van der Waals surface area contributed by atoms with E-state index in [1.54, 1.807) is 24.3 Å². The highest BCUT2D eigenvalue weighted by atomic mass is 16.5. The number of nitrogens with one attached hydrogen (secondary N) is 1. The summed E-state index contributed by atoms with van der Waals surface area (Å²) in [5.41, 5.74) is 1.36. The molecule has 0 bridgehead atoms. The smallest absolute Gasteiger partial charge is 0.324 e. The van der Waals surface area contributed by atoms with Crippen molar-refractivity contribution >= 4 is 23.4 Å². The molecule has 1 saturated heterocycles. The summed E-state index contributed by atoms with van der Waals surface area (Å²) in [5.74, 6) is -1.03. The fraction of sp³-hybridized carbons (Fsp3) is 0.619. The maximum atomic E-state index is 14.3. The summed E-state index contributed by atoms with van der Waals surface area (Å²) in [6.45, 7) is 20.3. The Labute approximate surface area is 296 Å². The monoisotopic (exact) mass is 674 g/mol. The van der Waals surface area contributed by atoms with Crippen LogP contribution in [0.1, 0.15) is 129 Å². The Balaban J connectivity index is 1.93. The van der Waals surface area contributed by atoms with Crippen LogP contribution in [-0.2, 0) is 25.7 Å². The van der Waals surface area contributed by atoms with Gasteiger partial charge in [-0.1, -0.05) is 123 Å². The molecule has 0 radical (unpaired) electrons. The van der Waals surface area contributed by atoms with Gasteiger partial charge < -0.3 is 15.0 Å². The first-order valence-electron chi connectivity index (χ1n) is 18.7. The van der Waals surface area contributed by atoms with Gasteiger partial charge in [0.25, 0.3) is 0 Å². The lowest BCUT2D eigenvalue weighted by molar-refractivity contribution is -0.156. The molecule has 1 N–H and O–H groups in total. The van der Waals surface area contributed by atoms with Gasteiger partial charge in [0.15, 0.2) is 5.78 Å². The number of hydrogen-bond donors (Lipinski definition) is 1. The molecule has 1 fully saturated rings. The van der Waals surface area contributed by atoms with Crippen molar-refractivity contribution in [3.05, 3.63) is 71.3 Å². The predicted octanol–water partition coefficient (Wildman–Crippen LogP) is 8.43. The summed E-state index contributed by atoms with van der Waals surface area (Å²) >= 11 is 0. The van der Waals surface area contributed by atoms with E-state index in [1.807, 2.05) is 51.1 Å². The number of benzene rings is 2. The van der Waals surface area contributed by atoms with Gasteiger partial charge in [-0.05, 0) is 61.0 Å². The lowest BCUT2D eigenvalue weighted by Gasteiger charge is -2.50. The third kappa shape index (κ3) is 9.27. The summed E-state index contributed by atoms with van der Waals surface area (Å²) in [7, 11) is 0. The van der Waals surface area contributed by atoms with Gasteiger partial charge in [-0.2, -0.15) is 0 Å². The summed E-state index contributed by atoms with van der Waals surface area (Å²) in [6, 6.07) is 15.5. The third-order valence-electron chi connectivity index (χ3n) is 11.8. The van der Waals surface area contributed by atoms with E-state index >= 15 is 0 Å². The van der Waals surface area contributed by atoms with E-state index in [0.29, 0.717) is 30.5 Å². The Bertz CT molecular complexity index is 1380. The van der Waals surface area contributed by atoms with E-state index in [4.69, 9.17) is 4.74 Å². The van der Waals surface area contributed by atoms with Crippen LogP contribution in [0.5, 0.6) is 0 Å². The fourth-order valence-corrected chi connectivity index (χ4v) is 7.98. The first-order valence-corrected chi connectivity index (χ1v) is 18.7. The van der Waals surface area contributed by atoms with Crippen molar-refractivity contribution in [3.63, 3.8) is 0 Å². The van der Waals surface area contributed by atoms with Gasteiger partial charge in [-0.25, -0.2) is 0 Å². The number of carbonyl (C=O) groups excluding carboxylic acids is 4. The van der Waals surface area contributed by atoms with Crippen molar-refractivity contribution in [2.45, 2.75) is 126 Å². The highest BCUT2D eigenvalue weighted by molar-refractivity contribution is 6.08. The van der Waals surface area contributed by atoms with Crippen LogP contribution >= 0.6 is 0 Å². The molecule has 5 atom stereocenters. The number of ether oxygens (including phenoxy) is 1. The number of likely N-dealkylation sites (tertiary alicyclic amines) is 1. The van der Waals surface area contributed by atoms with Crippen LogP contribution in [0.4, 0.5) is 0 Å². The van der Waals surface area contributed by atoms with Gasteiger partial charge in [0.05, 0.1) is 0 Å². The van der Waals surface area contributed by atoms with E-state index in [2.05, 4.69) is 51.8 Å². The molecule has 1 amide bonds. The van der Waals surface area contributed by atoms with Crippen LogP contribution in [0.15, 0.2) is 54.6 Å². The molecule has 1 aliphatic rings. The Morgan fingerprint density at radius 3 is 1.98 bits per heavy atom. The van der Waals surface area contributed by atoms with Gasteiger partial charge >= 0.3 is 5.97 Å². The van der Waals surface area contributed by atoms with E-state index in [0.717, 1.165) is 44.2 Å².